The molecule has 0 radical (unpaired) electrons. The van der Waals surface area contributed by atoms with Crippen LogP contribution in [0.1, 0.15) is 28.4 Å². The van der Waals surface area contributed by atoms with Crippen LogP contribution in [-0.2, 0) is 14.3 Å². The van der Waals surface area contributed by atoms with E-state index in [1.54, 1.807) is 42.5 Å². The maximum absolute atomic E-state index is 12.6. The minimum absolute atomic E-state index is 0.137. The molecule has 0 aliphatic heterocycles. The average molecular weight is 322 g/mol. The lowest BCUT2D eigenvalue weighted by Crippen LogP contribution is -2.03. The van der Waals surface area contributed by atoms with Gasteiger partial charge in [-0.2, -0.15) is 0 Å². The molecule has 0 N–H and O–H groups in total. The number of ketones is 1. The highest BCUT2D eigenvalue weighted by atomic mass is 16.5. The largest absolute Gasteiger partial charge is 0.466 e. The van der Waals surface area contributed by atoms with Gasteiger partial charge in [-0.15, -0.1) is 0 Å². The maximum Gasteiger partial charge on any atom is 0.330 e. The summed E-state index contributed by atoms with van der Waals surface area (Å²) < 4.78 is 9.77. The highest BCUT2D eigenvalue weighted by Crippen LogP contribution is 2.42. The van der Waals surface area contributed by atoms with Crippen molar-refractivity contribution in [2.24, 2.45) is 0 Å². The summed E-state index contributed by atoms with van der Waals surface area (Å²) >= 11 is 0. The fourth-order valence-electron chi connectivity index (χ4n) is 2.69. The number of carbonyl (C=O) groups excluding carboxylic acids is 3. The molecule has 1 aliphatic rings. The smallest absolute Gasteiger partial charge is 0.330 e. The van der Waals surface area contributed by atoms with Crippen LogP contribution in [0.5, 0.6) is 5.75 Å². The van der Waals surface area contributed by atoms with Gasteiger partial charge in [0.2, 0.25) is 0 Å². The van der Waals surface area contributed by atoms with Crippen LogP contribution >= 0.6 is 0 Å². The molecular formula is C19H14O5. The Hall–Kier alpha value is -3.21. The Balaban J connectivity index is 2.06. The topological polar surface area (TPSA) is 69.7 Å². The zero-order chi connectivity index (χ0) is 17.3. The van der Waals surface area contributed by atoms with Crippen LogP contribution in [0.4, 0.5) is 0 Å². The molecule has 0 aromatic heterocycles. The van der Waals surface area contributed by atoms with Crippen LogP contribution in [0, 0.1) is 0 Å². The average Bonchev–Trinajstić information content (AvgIpc) is 2.86. The third-order valence-electron chi connectivity index (χ3n) is 3.70. The molecule has 0 unspecified atom stereocenters. The van der Waals surface area contributed by atoms with Crippen molar-refractivity contribution in [2.75, 3.05) is 7.11 Å². The van der Waals surface area contributed by atoms with Crippen molar-refractivity contribution in [3.05, 3.63) is 59.2 Å². The van der Waals surface area contributed by atoms with E-state index in [1.807, 2.05) is 0 Å². The van der Waals surface area contributed by atoms with E-state index >= 15 is 0 Å². The van der Waals surface area contributed by atoms with Crippen molar-refractivity contribution in [1.29, 1.82) is 0 Å². The van der Waals surface area contributed by atoms with Gasteiger partial charge >= 0.3 is 11.9 Å². The summed E-state index contributed by atoms with van der Waals surface area (Å²) in [5.41, 5.74) is 3.04. The number of rotatable bonds is 3. The Morgan fingerprint density at radius 3 is 2.54 bits per heavy atom. The van der Waals surface area contributed by atoms with E-state index in [9.17, 15) is 14.4 Å². The van der Waals surface area contributed by atoms with E-state index in [0.29, 0.717) is 33.6 Å². The van der Waals surface area contributed by atoms with E-state index in [4.69, 9.17) is 4.74 Å². The first-order chi connectivity index (χ1) is 11.5. The van der Waals surface area contributed by atoms with Gasteiger partial charge in [-0.3, -0.25) is 9.59 Å². The first kappa shape index (κ1) is 15.7. The van der Waals surface area contributed by atoms with Crippen LogP contribution in [-0.4, -0.2) is 24.8 Å². The first-order valence-corrected chi connectivity index (χ1v) is 7.28. The second-order valence-electron chi connectivity index (χ2n) is 5.26. The molecule has 0 heterocycles. The summed E-state index contributed by atoms with van der Waals surface area (Å²) in [7, 11) is 1.30. The van der Waals surface area contributed by atoms with Crippen LogP contribution in [0.2, 0.25) is 0 Å². The number of fused-ring (bicyclic) bond motifs is 3. The van der Waals surface area contributed by atoms with E-state index in [2.05, 4.69) is 4.74 Å². The van der Waals surface area contributed by atoms with Crippen molar-refractivity contribution < 1.29 is 23.9 Å². The predicted octanol–water partition coefficient (Wildman–Crippen LogP) is 3.01. The highest BCUT2D eigenvalue weighted by molar-refractivity contribution is 6.23. The second kappa shape index (κ2) is 6.12. The monoisotopic (exact) mass is 322 g/mol. The minimum Gasteiger partial charge on any atom is -0.466 e. The van der Waals surface area contributed by atoms with Gasteiger partial charge in [0, 0.05) is 29.7 Å². The normalized spacial score (nSPS) is 12.0. The van der Waals surface area contributed by atoms with E-state index in [-0.39, 0.29) is 5.78 Å². The number of hydrogen-bond acceptors (Lipinski definition) is 5. The highest BCUT2D eigenvalue weighted by Gasteiger charge is 2.29. The molecular weight excluding hydrogens is 308 g/mol. The van der Waals surface area contributed by atoms with E-state index in [0.717, 1.165) is 0 Å². The molecule has 0 spiro atoms. The number of benzene rings is 2. The lowest BCUT2D eigenvalue weighted by Gasteiger charge is -2.08. The molecule has 2 aromatic rings. The minimum atomic E-state index is -0.470. The molecule has 3 rings (SSSR count). The van der Waals surface area contributed by atoms with Crippen LogP contribution in [0.25, 0.3) is 17.2 Å². The molecule has 5 nitrogen and oxygen atoms in total. The Labute approximate surface area is 138 Å². The lowest BCUT2D eigenvalue weighted by molar-refractivity contribution is -0.135. The summed E-state index contributed by atoms with van der Waals surface area (Å²) in [6, 6.07) is 10.3. The van der Waals surface area contributed by atoms with Crippen LogP contribution in [0.3, 0.4) is 0 Å². The van der Waals surface area contributed by atoms with Crippen molar-refractivity contribution in [1.82, 2.24) is 0 Å². The number of methoxy groups -OCH3 is 1. The molecule has 0 atom stereocenters. The summed E-state index contributed by atoms with van der Waals surface area (Å²) in [5, 5.41) is 0. The number of hydrogen-bond donors (Lipinski definition) is 0. The van der Waals surface area contributed by atoms with Crippen molar-refractivity contribution in [2.45, 2.75) is 6.92 Å². The van der Waals surface area contributed by atoms with Crippen molar-refractivity contribution >= 4 is 23.8 Å². The summed E-state index contributed by atoms with van der Waals surface area (Å²) in [6.45, 7) is 1.32. The summed E-state index contributed by atoms with van der Waals surface area (Å²) in [6.07, 6.45) is 2.87. The Kier molecular flexibility index (Phi) is 4.00. The molecule has 2 aromatic carbocycles. The zero-order valence-corrected chi connectivity index (χ0v) is 13.2. The molecule has 5 heteroatoms. The summed E-state index contributed by atoms with van der Waals surface area (Å²) in [4.78, 5) is 35.1. The quantitative estimate of drug-likeness (QED) is 0.421. The molecule has 1 aliphatic carbocycles. The Bertz CT molecular complexity index is 893. The van der Waals surface area contributed by atoms with Crippen LogP contribution in [0.15, 0.2) is 42.5 Å². The summed E-state index contributed by atoms with van der Waals surface area (Å²) in [5.74, 6) is -0.684. The van der Waals surface area contributed by atoms with Crippen molar-refractivity contribution in [3.63, 3.8) is 0 Å². The lowest BCUT2D eigenvalue weighted by atomic mass is 10.0. The molecule has 0 saturated heterocycles. The van der Waals surface area contributed by atoms with E-state index < -0.39 is 11.9 Å². The number of carbonyl (C=O) groups is 3. The fraction of sp³-hybridized carbons (Fsp3) is 0.105. The SMILES string of the molecule is COC(=O)C=Cc1ccc2c(c1)C(=O)c1cccc(OC(C)=O)c1-2. The second-order valence-corrected chi connectivity index (χ2v) is 5.26. The predicted molar refractivity (Wildman–Crippen MR) is 87.7 cm³/mol. The molecule has 0 bridgehead atoms. The molecule has 120 valence electrons. The van der Waals surface area contributed by atoms with Crippen molar-refractivity contribution in [3.8, 4) is 16.9 Å². The van der Waals surface area contributed by atoms with Crippen LogP contribution < -0.4 is 4.74 Å². The van der Waals surface area contributed by atoms with E-state index in [1.165, 1.54) is 20.1 Å². The molecule has 0 amide bonds. The Morgan fingerprint density at radius 2 is 1.83 bits per heavy atom. The van der Waals surface area contributed by atoms with Gasteiger partial charge in [-0.25, -0.2) is 4.79 Å². The Morgan fingerprint density at radius 1 is 1.04 bits per heavy atom. The third kappa shape index (κ3) is 2.72. The van der Waals surface area contributed by atoms with Gasteiger partial charge in [0.25, 0.3) is 0 Å². The van der Waals surface area contributed by atoms with Gasteiger partial charge in [0.1, 0.15) is 5.75 Å². The van der Waals surface area contributed by atoms with Gasteiger partial charge in [0.05, 0.1) is 7.11 Å². The van der Waals surface area contributed by atoms with Gasteiger partial charge in [0.15, 0.2) is 5.78 Å². The first-order valence-electron chi connectivity index (χ1n) is 7.28. The molecule has 0 saturated carbocycles. The zero-order valence-electron chi connectivity index (χ0n) is 13.2. The number of esters is 2. The third-order valence-corrected chi connectivity index (χ3v) is 3.70. The molecule has 24 heavy (non-hydrogen) atoms. The fourth-order valence-corrected chi connectivity index (χ4v) is 2.69. The maximum atomic E-state index is 12.6. The van der Waals surface area contributed by atoms with Gasteiger partial charge in [-0.1, -0.05) is 24.3 Å². The molecule has 0 fully saturated rings. The number of ether oxygens (including phenoxy) is 2. The standard InChI is InChI=1S/C19H14O5/c1-11(20)24-16-5-3-4-14-18(16)13-8-6-12(7-9-17(21)23-2)10-15(13)19(14)22/h3-10H,1-2H3. The van der Waals surface area contributed by atoms with Gasteiger partial charge < -0.3 is 9.47 Å². The van der Waals surface area contributed by atoms with Gasteiger partial charge in [-0.05, 0) is 29.3 Å².